The van der Waals surface area contributed by atoms with Crippen molar-refractivity contribution in [2.75, 3.05) is 6.61 Å². The van der Waals surface area contributed by atoms with Gasteiger partial charge in [0.25, 0.3) is 0 Å². The first-order valence-corrected chi connectivity index (χ1v) is 4.84. The first-order chi connectivity index (χ1) is 6.54. The van der Waals surface area contributed by atoms with Gasteiger partial charge >= 0.3 is 0 Å². The Hall–Kier alpha value is -0.940. The van der Waals surface area contributed by atoms with Gasteiger partial charge in [-0.2, -0.15) is 0 Å². The molecule has 1 aromatic rings. The molecule has 0 atom stereocenters. The van der Waals surface area contributed by atoms with E-state index in [-0.39, 0.29) is 6.61 Å². The summed E-state index contributed by atoms with van der Waals surface area (Å²) < 4.78 is 1.76. The number of hydrogen-bond acceptors (Lipinski definition) is 4. The van der Waals surface area contributed by atoms with Crippen molar-refractivity contribution in [3.63, 3.8) is 0 Å². The molecule has 0 aliphatic rings. The lowest BCUT2D eigenvalue weighted by molar-refractivity contribution is 0.280. The van der Waals surface area contributed by atoms with E-state index in [9.17, 15) is 0 Å². The van der Waals surface area contributed by atoms with Crippen molar-refractivity contribution >= 4 is 0 Å². The predicted octanol–water partition coefficient (Wildman–Crippen LogP) is 0.244. The molecule has 0 radical (unpaired) electrons. The molecule has 0 bridgehead atoms. The predicted molar refractivity (Wildman–Crippen MR) is 53.6 cm³/mol. The van der Waals surface area contributed by atoms with Crippen LogP contribution in [0.2, 0.25) is 0 Å². The van der Waals surface area contributed by atoms with E-state index >= 15 is 0 Å². The van der Waals surface area contributed by atoms with Gasteiger partial charge in [-0.3, -0.25) is 4.68 Å². The van der Waals surface area contributed by atoms with Crippen molar-refractivity contribution in [2.45, 2.75) is 38.8 Å². The Morgan fingerprint density at radius 3 is 2.71 bits per heavy atom. The molecule has 0 saturated carbocycles. The lowest BCUT2D eigenvalue weighted by Gasteiger charge is -2.13. The van der Waals surface area contributed by atoms with Crippen LogP contribution in [0.1, 0.15) is 32.4 Å². The van der Waals surface area contributed by atoms with Crippen molar-refractivity contribution in [2.24, 2.45) is 5.73 Å². The summed E-state index contributed by atoms with van der Waals surface area (Å²) >= 11 is 0. The molecule has 0 aromatic carbocycles. The van der Waals surface area contributed by atoms with Gasteiger partial charge in [0.05, 0.1) is 11.7 Å². The molecule has 14 heavy (non-hydrogen) atoms. The highest BCUT2D eigenvalue weighted by atomic mass is 16.2. The molecule has 5 nitrogen and oxygen atoms in total. The number of aliphatic hydroxyl groups excluding tert-OH is 1. The van der Waals surface area contributed by atoms with E-state index in [0.717, 1.165) is 25.1 Å². The van der Waals surface area contributed by atoms with Gasteiger partial charge in [0.1, 0.15) is 5.69 Å². The Morgan fingerprint density at radius 1 is 1.50 bits per heavy atom. The SMILES string of the molecule is CC(C)(N)c1cn(CCCCO)nn1. The monoisotopic (exact) mass is 198 g/mol. The molecule has 0 unspecified atom stereocenters. The third kappa shape index (κ3) is 3.08. The van der Waals surface area contributed by atoms with Crippen molar-refractivity contribution in [3.8, 4) is 0 Å². The van der Waals surface area contributed by atoms with Gasteiger partial charge in [0.15, 0.2) is 0 Å². The second kappa shape index (κ2) is 4.52. The summed E-state index contributed by atoms with van der Waals surface area (Å²) in [7, 11) is 0. The van der Waals surface area contributed by atoms with Crippen LogP contribution in [0.4, 0.5) is 0 Å². The summed E-state index contributed by atoms with van der Waals surface area (Å²) in [6.07, 6.45) is 3.56. The van der Waals surface area contributed by atoms with E-state index in [2.05, 4.69) is 10.3 Å². The van der Waals surface area contributed by atoms with E-state index in [4.69, 9.17) is 10.8 Å². The Morgan fingerprint density at radius 2 is 2.21 bits per heavy atom. The van der Waals surface area contributed by atoms with Crippen LogP contribution in [0, 0.1) is 0 Å². The standard InChI is InChI=1S/C9H18N4O/c1-9(2,10)8-7-13(12-11-8)5-3-4-6-14/h7,14H,3-6,10H2,1-2H3. The lowest BCUT2D eigenvalue weighted by atomic mass is 10.0. The normalized spacial score (nSPS) is 12.0. The maximum atomic E-state index is 8.61. The molecule has 0 fully saturated rings. The first kappa shape index (κ1) is 11.1. The molecular weight excluding hydrogens is 180 g/mol. The van der Waals surface area contributed by atoms with Crippen LogP contribution in [0.15, 0.2) is 6.20 Å². The summed E-state index contributed by atoms with van der Waals surface area (Å²) in [5, 5.41) is 16.6. The van der Waals surface area contributed by atoms with Gasteiger partial charge in [0, 0.05) is 13.2 Å². The zero-order chi connectivity index (χ0) is 10.6. The number of nitrogens with two attached hydrogens (primary N) is 1. The van der Waals surface area contributed by atoms with Gasteiger partial charge in [-0.25, -0.2) is 0 Å². The van der Waals surface area contributed by atoms with Crippen molar-refractivity contribution in [3.05, 3.63) is 11.9 Å². The number of nitrogens with zero attached hydrogens (tertiary/aromatic N) is 3. The molecule has 1 aromatic heterocycles. The minimum absolute atomic E-state index is 0.226. The topological polar surface area (TPSA) is 77.0 Å². The summed E-state index contributed by atoms with van der Waals surface area (Å²) in [6.45, 7) is 4.80. The van der Waals surface area contributed by atoms with E-state index in [1.54, 1.807) is 4.68 Å². The molecule has 0 saturated heterocycles. The highest BCUT2D eigenvalue weighted by Crippen LogP contribution is 2.12. The van der Waals surface area contributed by atoms with Gasteiger partial charge < -0.3 is 10.8 Å². The fourth-order valence-corrected chi connectivity index (χ4v) is 1.09. The second-order valence-corrected chi connectivity index (χ2v) is 4.02. The third-order valence-electron chi connectivity index (χ3n) is 1.99. The van der Waals surface area contributed by atoms with E-state index in [0.29, 0.717) is 0 Å². The average Bonchev–Trinajstić information content (AvgIpc) is 2.52. The average molecular weight is 198 g/mol. The number of aryl methyl sites for hydroxylation is 1. The fourth-order valence-electron chi connectivity index (χ4n) is 1.09. The van der Waals surface area contributed by atoms with Gasteiger partial charge in [0.2, 0.25) is 0 Å². The molecule has 5 heteroatoms. The Bertz CT molecular complexity index is 277. The number of hydrogen-bond donors (Lipinski definition) is 2. The molecule has 80 valence electrons. The van der Waals surface area contributed by atoms with E-state index in [1.807, 2.05) is 20.0 Å². The maximum absolute atomic E-state index is 8.61. The van der Waals surface area contributed by atoms with Crippen molar-refractivity contribution in [1.29, 1.82) is 0 Å². The molecule has 0 spiro atoms. The molecule has 0 amide bonds. The Balaban J connectivity index is 2.51. The highest BCUT2D eigenvalue weighted by molar-refractivity contribution is 5.05. The quantitative estimate of drug-likeness (QED) is 0.665. The Kier molecular flexibility index (Phi) is 3.60. The highest BCUT2D eigenvalue weighted by Gasteiger charge is 2.17. The van der Waals surface area contributed by atoms with Crippen molar-refractivity contribution < 1.29 is 5.11 Å². The minimum atomic E-state index is -0.435. The summed E-state index contributed by atoms with van der Waals surface area (Å²) in [6, 6.07) is 0. The molecule has 1 heterocycles. The summed E-state index contributed by atoms with van der Waals surface area (Å²) in [5.74, 6) is 0. The number of aromatic nitrogens is 3. The first-order valence-electron chi connectivity index (χ1n) is 4.84. The van der Waals surface area contributed by atoms with Crippen LogP contribution in [-0.2, 0) is 12.1 Å². The maximum Gasteiger partial charge on any atom is 0.102 e. The fraction of sp³-hybridized carbons (Fsp3) is 0.778. The molecule has 0 aliphatic carbocycles. The zero-order valence-electron chi connectivity index (χ0n) is 8.77. The van der Waals surface area contributed by atoms with Crippen LogP contribution >= 0.6 is 0 Å². The molecule has 0 aliphatic heterocycles. The van der Waals surface area contributed by atoms with Crippen LogP contribution in [0.5, 0.6) is 0 Å². The lowest BCUT2D eigenvalue weighted by Crippen LogP contribution is -2.29. The molecular formula is C9H18N4O. The zero-order valence-corrected chi connectivity index (χ0v) is 8.77. The largest absolute Gasteiger partial charge is 0.396 e. The van der Waals surface area contributed by atoms with Crippen LogP contribution in [0.3, 0.4) is 0 Å². The smallest absolute Gasteiger partial charge is 0.102 e. The van der Waals surface area contributed by atoms with Crippen LogP contribution in [0.25, 0.3) is 0 Å². The minimum Gasteiger partial charge on any atom is -0.396 e. The third-order valence-corrected chi connectivity index (χ3v) is 1.99. The number of unbranched alkanes of at least 4 members (excludes halogenated alkanes) is 1. The van der Waals surface area contributed by atoms with Gasteiger partial charge in [-0.1, -0.05) is 5.21 Å². The van der Waals surface area contributed by atoms with E-state index < -0.39 is 5.54 Å². The van der Waals surface area contributed by atoms with E-state index in [1.165, 1.54) is 0 Å². The van der Waals surface area contributed by atoms with Crippen LogP contribution < -0.4 is 5.73 Å². The van der Waals surface area contributed by atoms with Gasteiger partial charge in [-0.05, 0) is 26.7 Å². The molecule has 3 N–H and O–H groups in total. The van der Waals surface area contributed by atoms with Crippen LogP contribution in [-0.4, -0.2) is 26.7 Å². The Labute approximate surface area is 83.9 Å². The summed E-state index contributed by atoms with van der Waals surface area (Å²) in [5.41, 5.74) is 6.23. The summed E-state index contributed by atoms with van der Waals surface area (Å²) in [4.78, 5) is 0. The number of rotatable bonds is 5. The van der Waals surface area contributed by atoms with Crippen molar-refractivity contribution in [1.82, 2.24) is 15.0 Å². The number of aliphatic hydroxyl groups is 1. The molecule has 1 rings (SSSR count). The van der Waals surface area contributed by atoms with Gasteiger partial charge in [-0.15, -0.1) is 5.10 Å². The second-order valence-electron chi connectivity index (χ2n) is 4.02.